The number of rotatable bonds is 4. The molecule has 2 aliphatic rings. The van der Waals surface area contributed by atoms with Gasteiger partial charge in [-0.05, 0) is 44.6 Å². The zero-order valence-corrected chi connectivity index (χ0v) is 13.4. The van der Waals surface area contributed by atoms with Crippen LogP contribution in [0.5, 0.6) is 0 Å². The minimum atomic E-state index is 0.385. The first kappa shape index (κ1) is 15.3. The lowest BCUT2D eigenvalue weighted by Crippen LogP contribution is -2.50. The molecule has 0 bridgehead atoms. The Morgan fingerprint density at radius 3 is 2.42 bits per heavy atom. The monoisotopic (exact) mass is 268 g/mol. The van der Waals surface area contributed by atoms with E-state index in [2.05, 4.69) is 44.8 Å². The van der Waals surface area contributed by atoms with Gasteiger partial charge in [0, 0.05) is 25.7 Å². The lowest BCUT2D eigenvalue weighted by Gasteiger charge is -2.39. The fourth-order valence-corrected chi connectivity index (χ4v) is 4.14. The van der Waals surface area contributed by atoms with E-state index in [1.54, 1.807) is 0 Å². The second-order valence-electron chi connectivity index (χ2n) is 7.30. The molecule has 0 aromatic carbocycles. The Bertz CT molecular complexity index is 282. The Morgan fingerprint density at radius 1 is 1.21 bits per heavy atom. The van der Waals surface area contributed by atoms with Gasteiger partial charge in [-0.3, -0.25) is 4.90 Å². The SMILES string of the molecule is CCNC1C(CN2C[C@@H](C)O[C@@H](C)C2)CCC1(C)C. The van der Waals surface area contributed by atoms with Gasteiger partial charge in [0.2, 0.25) is 0 Å². The molecule has 1 aliphatic carbocycles. The summed E-state index contributed by atoms with van der Waals surface area (Å²) in [4.78, 5) is 2.62. The van der Waals surface area contributed by atoms with Crippen LogP contribution in [0.4, 0.5) is 0 Å². The van der Waals surface area contributed by atoms with Crippen LogP contribution in [0, 0.1) is 11.3 Å². The molecule has 0 aromatic heterocycles. The highest BCUT2D eigenvalue weighted by molar-refractivity contribution is 4.97. The second kappa shape index (κ2) is 6.11. The normalized spacial score (nSPS) is 39.6. The molecule has 2 fully saturated rings. The minimum absolute atomic E-state index is 0.385. The molecule has 4 atom stereocenters. The molecule has 3 heteroatoms. The highest BCUT2D eigenvalue weighted by Gasteiger charge is 2.42. The molecule has 1 heterocycles. The van der Waals surface area contributed by atoms with Gasteiger partial charge in [-0.25, -0.2) is 0 Å². The molecule has 2 unspecified atom stereocenters. The number of ether oxygens (including phenoxy) is 1. The highest BCUT2D eigenvalue weighted by Crippen LogP contribution is 2.41. The lowest BCUT2D eigenvalue weighted by molar-refractivity contribution is -0.0723. The molecule has 0 radical (unpaired) electrons. The number of nitrogens with one attached hydrogen (secondary N) is 1. The van der Waals surface area contributed by atoms with Crippen LogP contribution in [-0.4, -0.2) is 49.3 Å². The average molecular weight is 268 g/mol. The maximum atomic E-state index is 5.84. The topological polar surface area (TPSA) is 24.5 Å². The first-order chi connectivity index (χ1) is 8.92. The molecule has 3 nitrogen and oxygen atoms in total. The van der Waals surface area contributed by atoms with Crippen molar-refractivity contribution in [3.05, 3.63) is 0 Å². The number of morpholine rings is 1. The number of nitrogens with zero attached hydrogens (tertiary/aromatic N) is 1. The van der Waals surface area contributed by atoms with Crippen molar-refractivity contribution in [3.8, 4) is 0 Å². The molecule has 0 amide bonds. The van der Waals surface area contributed by atoms with Crippen LogP contribution in [0.2, 0.25) is 0 Å². The maximum Gasteiger partial charge on any atom is 0.0678 e. The average Bonchev–Trinajstić information content (AvgIpc) is 2.55. The van der Waals surface area contributed by atoms with E-state index in [4.69, 9.17) is 4.74 Å². The van der Waals surface area contributed by atoms with Crippen LogP contribution in [0.1, 0.15) is 47.5 Å². The van der Waals surface area contributed by atoms with E-state index in [-0.39, 0.29) is 0 Å². The Balaban J connectivity index is 1.94. The van der Waals surface area contributed by atoms with Crippen molar-refractivity contribution >= 4 is 0 Å². The lowest BCUT2D eigenvalue weighted by atomic mass is 9.84. The minimum Gasteiger partial charge on any atom is -0.373 e. The van der Waals surface area contributed by atoms with Crippen molar-refractivity contribution in [3.63, 3.8) is 0 Å². The van der Waals surface area contributed by atoms with Gasteiger partial charge in [-0.1, -0.05) is 20.8 Å². The van der Waals surface area contributed by atoms with Crippen molar-refractivity contribution in [2.24, 2.45) is 11.3 Å². The zero-order valence-electron chi connectivity index (χ0n) is 13.4. The predicted octanol–water partition coefficient (Wildman–Crippen LogP) is 2.51. The molecule has 19 heavy (non-hydrogen) atoms. The summed E-state index contributed by atoms with van der Waals surface area (Å²) in [6.45, 7) is 16.0. The Labute approximate surface area is 119 Å². The van der Waals surface area contributed by atoms with Gasteiger partial charge < -0.3 is 10.1 Å². The summed E-state index contributed by atoms with van der Waals surface area (Å²) in [5.41, 5.74) is 0.449. The molecular formula is C16H32N2O. The number of hydrogen-bond acceptors (Lipinski definition) is 3. The van der Waals surface area contributed by atoms with E-state index in [1.165, 1.54) is 19.4 Å². The summed E-state index contributed by atoms with van der Waals surface area (Å²) in [7, 11) is 0. The summed E-state index contributed by atoms with van der Waals surface area (Å²) < 4.78 is 5.84. The third-order valence-electron chi connectivity index (χ3n) is 4.88. The first-order valence-corrected chi connectivity index (χ1v) is 8.03. The van der Waals surface area contributed by atoms with Crippen LogP contribution in [0.25, 0.3) is 0 Å². The van der Waals surface area contributed by atoms with Crippen LogP contribution in [0.3, 0.4) is 0 Å². The second-order valence-corrected chi connectivity index (χ2v) is 7.30. The number of hydrogen-bond donors (Lipinski definition) is 1. The van der Waals surface area contributed by atoms with Crippen LogP contribution in [0.15, 0.2) is 0 Å². The van der Waals surface area contributed by atoms with Crippen molar-refractivity contribution in [2.45, 2.75) is 65.7 Å². The Morgan fingerprint density at radius 2 is 1.84 bits per heavy atom. The summed E-state index contributed by atoms with van der Waals surface area (Å²) in [5, 5.41) is 3.74. The standard InChI is InChI=1S/C16H32N2O/c1-6-17-15-14(7-8-16(15,4)5)11-18-9-12(2)19-13(3)10-18/h12-15,17H,6-11H2,1-5H3/t12-,13+,14?,15?. The summed E-state index contributed by atoms with van der Waals surface area (Å²) in [6.07, 6.45) is 3.49. The molecule has 112 valence electrons. The Hall–Kier alpha value is -0.120. The van der Waals surface area contributed by atoms with Crippen LogP contribution in [-0.2, 0) is 4.74 Å². The van der Waals surface area contributed by atoms with Gasteiger partial charge in [-0.15, -0.1) is 0 Å². The van der Waals surface area contributed by atoms with E-state index in [0.717, 1.165) is 25.6 Å². The molecule has 0 aromatic rings. The maximum absolute atomic E-state index is 5.84. The van der Waals surface area contributed by atoms with E-state index in [1.807, 2.05) is 0 Å². The molecule has 1 aliphatic heterocycles. The van der Waals surface area contributed by atoms with Gasteiger partial charge in [-0.2, -0.15) is 0 Å². The quantitative estimate of drug-likeness (QED) is 0.848. The van der Waals surface area contributed by atoms with Gasteiger partial charge in [0.1, 0.15) is 0 Å². The van der Waals surface area contributed by atoms with Crippen molar-refractivity contribution in [2.75, 3.05) is 26.2 Å². The molecule has 1 saturated heterocycles. The van der Waals surface area contributed by atoms with Gasteiger partial charge in [0.25, 0.3) is 0 Å². The molecule has 1 saturated carbocycles. The zero-order chi connectivity index (χ0) is 14.0. The van der Waals surface area contributed by atoms with E-state index in [0.29, 0.717) is 23.7 Å². The predicted molar refractivity (Wildman–Crippen MR) is 80.4 cm³/mol. The van der Waals surface area contributed by atoms with Crippen molar-refractivity contribution in [1.82, 2.24) is 10.2 Å². The largest absolute Gasteiger partial charge is 0.373 e. The van der Waals surface area contributed by atoms with Gasteiger partial charge in [0.15, 0.2) is 0 Å². The van der Waals surface area contributed by atoms with Crippen molar-refractivity contribution < 1.29 is 4.74 Å². The molecule has 2 rings (SSSR count). The summed E-state index contributed by atoms with van der Waals surface area (Å²) >= 11 is 0. The van der Waals surface area contributed by atoms with E-state index >= 15 is 0 Å². The van der Waals surface area contributed by atoms with E-state index < -0.39 is 0 Å². The third kappa shape index (κ3) is 3.71. The fraction of sp³-hybridized carbons (Fsp3) is 1.00. The Kier molecular flexibility index (Phi) is 4.91. The van der Waals surface area contributed by atoms with Crippen LogP contribution < -0.4 is 5.32 Å². The van der Waals surface area contributed by atoms with Gasteiger partial charge >= 0.3 is 0 Å². The van der Waals surface area contributed by atoms with E-state index in [9.17, 15) is 0 Å². The fourth-order valence-electron chi connectivity index (χ4n) is 4.14. The first-order valence-electron chi connectivity index (χ1n) is 8.03. The highest BCUT2D eigenvalue weighted by atomic mass is 16.5. The van der Waals surface area contributed by atoms with Crippen molar-refractivity contribution in [1.29, 1.82) is 0 Å². The third-order valence-corrected chi connectivity index (χ3v) is 4.88. The molecule has 1 N–H and O–H groups in total. The molecule has 0 spiro atoms. The van der Waals surface area contributed by atoms with Crippen LogP contribution >= 0.6 is 0 Å². The molecular weight excluding hydrogens is 236 g/mol. The van der Waals surface area contributed by atoms with Gasteiger partial charge in [0.05, 0.1) is 12.2 Å². The summed E-state index contributed by atoms with van der Waals surface area (Å²) in [6, 6.07) is 0.672. The smallest absolute Gasteiger partial charge is 0.0678 e. The summed E-state index contributed by atoms with van der Waals surface area (Å²) in [5.74, 6) is 0.799.